The van der Waals surface area contributed by atoms with E-state index in [-0.39, 0.29) is 18.2 Å². The number of benzene rings is 1. The third-order valence-corrected chi connectivity index (χ3v) is 6.86. The van der Waals surface area contributed by atoms with Crippen LogP contribution in [0.3, 0.4) is 0 Å². The van der Waals surface area contributed by atoms with Crippen molar-refractivity contribution in [3.8, 4) is 0 Å². The first-order chi connectivity index (χ1) is 15.2. The minimum absolute atomic E-state index is 0.0309. The molecule has 1 heterocycles. The van der Waals surface area contributed by atoms with Crippen molar-refractivity contribution < 1.29 is 9.53 Å². The van der Waals surface area contributed by atoms with Crippen LogP contribution in [-0.2, 0) is 4.74 Å². The summed E-state index contributed by atoms with van der Waals surface area (Å²) in [6.07, 6.45) is 12.0. The fourth-order valence-electron chi connectivity index (χ4n) is 5.32. The molecule has 2 fully saturated rings. The number of hydrogen-bond donors (Lipinski definition) is 2. The van der Waals surface area contributed by atoms with Gasteiger partial charge in [0.1, 0.15) is 0 Å². The molecule has 31 heavy (non-hydrogen) atoms. The lowest BCUT2D eigenvalue weighted by molar-refractivity contribution is -0.000489. The number of nitrogens with one attached hydrogen (secondary N) is 2. The first kappa shape index (κ1) is 24.1. The predicted molar refractivity (Wildman–Crippen MR) is 127 cm³/mol. The molecule has 173 valence electrons. The molecule has 1 aliphatic heterocycles. The van der Waals surface area contributed by atoms with Gasteiger partial charge in [0.05, 0.1) is 12.7 Å². The van der Waals surface area contributed by atoms with E-state index in [0.717, 1.165) is 44.8 Å². The maximum atomic E-state index is 13.2. The monoisotopic (exact) mass is 428 g/mol. The fourth-order valence-corrected chi connectivity index (χ4v) is 5.32. The zero-order chi connectivity index (χ0) is 21.9. The minimum Gasteiger partial charge on any atom is -0.373 e. The zero-order valence-corrected chi connectivity index (χ0v) is 19.5. The van der Waals surface area contributed by atoms with Crippen molar-refractivity contribution in [2.45, 2.75) is 70.4 Å². The summed E-state index contributed by atoms with van der Waals surface area (Å²) in [6, 6.07) is 10.8. The molecule has 1 saturated carbocycles. The third-order valence-electron chi connectivity index (χ3n) is 6.86. The summed E-state index contributed by atoms with van der Waals surface area (Å²) >= 11 is 0. The number of carbonyl (C=O) groups is 1. The van der Waals surface area contributed by atoms with Gasteiger partial charge < -0.3 is 20.3 Å². The topological polar surface area (TPSA) is 53.6 Å². The fraction of sp³-hybridized carbons (Fsp3) is 0.692. The number of likely N-dealkylation sites (tertiary alicyclic amines) is 1. The van der Waals surface area contributed by atoms with Gasteiger partial charge in [0, 0.05) is 31.6 Å². The van der Waals surface area contributed by atoms with Gasteiger partial charge in [-0.25, -0.2) is 4.79 Å². The van der Waals surface area contributed by atoms with Crippen molar-refractivity contribution in [3.05, 3.63) is 42.3 Å². The van der Waals surface area contributed by atoms with Crippen LogP contribution in [0.1, 0.15) is 70.0 Å². The van der Waals surface area contributed by atoms with E-state index in [0.29, 0.717) is 12.5 Å². The van der Waals surface area contributed by atoms with Crippen LogP contribution in [0.5, 0.6) is 0 Å². The van der Waals surface area contributed by atoms with Crippen LogP contribution in [0.2, 0.25) is 0 Å². The number of rotatable bonds is 10. The normalized spacial score (nSPS) is 22.1. The van der Waals surface area contributed by atoms with E-state index < -0.39 is 0 Å². The minimum atomic E-state index is 0.0309. The lowest BCUT2D eigenvalue weighted by Crippen LogP contribution is -2.52. The van der Waals surface area contributed by atoms with E-state index in [1.165, 1.54) is 37.7 Å². The lowest BCUT2D eigenvalue weighted by atomic mass is 9.85. The van der Waals surface area contributed by atoms with Crippen LogP contribution in [0.15, 0.2) is 30.3 Å². The van der Waals surface area contributed by atoms with E-state index in [2.05, 4.69) is 41.3 Å². The molecule has 2 amide bonds. The molecular weight excluding hydrogens is 386 g/mol. The molecule has 1 aromatic carbocycles. The van der Waals surface area contributed by atoms with Crippen molar-refractivity contribution in [1.82, 2.24) is 15.5 Å². The first-order valence-corrected chi connectivity index (χ1v) is 12.4. The molecule has 2 N–H and O–H groups in total. The number of ether oxygens (including phenoxy) is 1. The summed E-state index contributed by atoms with van der Waals surface area (Å²) in [5.41, 5.74) is 1.21. The van der Waals surface area contributed by atoms with Crippen molar-refractivity contribution in [2.24, 2.45) is 11.8 Å². The Kier molecular flexibility index (Phi) is 10.1. The molecule has 0 spiro atoms. The van der Waals surface area contributed by atoms with Gasteiger partial charge in [-0.1, -0.05) is 69.4 Å². The van der Waals surface area contributed by atoms with Crippen LogP contribution < -0.4 is 10.6 Å². The Bertz CT molecular complexity index is 633. The molecule has 0 unspecified atom stereocenters. The second kappa shape index (κ2) is 13.1. The summed E-state index contributed by atoms with van der Waals surface area (Å²) in [5, 5.41) is 6.64. The molecule has 5 nitrogen and oxygen atoms in total. The highest BCUT2D eigenvalue weighted by Gasteiger charge is 2.32. The Morgan fingerprint density at radius 2 is 1.94 bits per heavy atom. The van der Waals surface area contributed by atoms with Crippen LogP contribution in [0, 0.1) is 18.3 Å². The van der Waals surface area contributed by atoms with E-state index in [9.17, 15) is 4.79 Å². The van der Waals surface area contributed by atoms with Crippen LogP contribution in [-0.4, -0.2) is 50.3 Å². The van der Waals surface area contributed by atoms with E-state index in [1.54, 1.807) is 0 Å². The standard InChI is InChI=1S/C26H42N3O2/c1-3-17-31-25(22-13-8-5-9-14-22)23-15-10-16-29(20-23)26(30)28-24(19-27-2)18-21-11-6-4-7-12-21/h3,5,8-9,13-14,21,23-25,27H,4,6-7,10-12,15-20H2,1-2H3,(H,28,30)/t23-,24+,25+/m1/s1. The SMILES string of the molecule is C[CH]CO[C@@H](c1ccccc1)[C@@H]1CCCN(C(=O)N[C@H](CNC)CC2CCCCC2)C1. The van der Waals surface area contributed by atoms with Gasteiger partial charge in [-0.3, -0.25) is 0 Å². The molecule has 0 aromatic heterocycles. The summed E-state index contributed by atoms with van der Waals surface area (Å²) in [7, 11) is 1.98. The maximum absolute atomic E-state index is 13.2. The Balaban J connectivity index is 1.59. The largest absolute Gasteiger partial charge is 0.373 e. The van der Waals surface area contributed by atoms with Gasteiger partial charge in [-0.05, 0) is 44.2 Å². The average molecular weight is 429 g/mol. The molecule has 0 bridgehead atoms. The first-order valence-electron chi connectivity index (χ1n) is 12.4. The second-order valence-electron chi connectivity index (χ2n) is 9.37. The Morgan fingerprint density at radius 3 is 2.65 bits per heavy atom. The number of nitrogens with zero attached hydrogens (tertiary/aromatic N) is 1. The molecule has 1 aromatic rings. The molecule has 1 aliphatic carbocycles. The van der Waals surface area contributed by atoms with Crippen LogP contribution in [0.4, 0.5) is 4.79 Å². The predicted octanol–water partition coefficient (Wildman–Crippen LogP) is 4.95. The summed E-state index contributed by atoms with van der Waals surface area (Å²) in [4.78, 5) is 15.2. The number of urea groups is 1. The second-order valence-corrected chi connectivity index (χ2v) is 9.37. The van der Waals surface area contributed by atoms with Crippen molar-refractivity contribution >= 4 is 6.03 Å². The third kappa shape index (κ3) is 7.50. The van der Waals surface area contributed by atoms with Gasteiger partial charge in [0.2, 0.25) is 0 Å². The lowest BCUT2D eigenvalue weighted by Gasteiger charge is -2.38. The van der Waals surface area contributed by atoms with Crippen LogP contribution in [0.25, 0.3) is 0 Å². The van der Waals surface area contributed by atoms with E-state index in [4.69, 9.17) is 4.74 Å². The Labute approximate surface area is 189 Å². The highest BCUT2D eigenvalue weighted by Crippen LogP contribution is 2.33. The van der Waals surface area contributed by atoms with Gasteiger partial charge in [-0.2, -0.15) is 0 Å². The molecule has 5 heteroatoms. The number of carbonyl (C=O) groups excluding carboxylic acids is 1. The molecule has 2 aliphatic rings. The smallest absolute Gasteiger partial charge is 0.317 e. The van der Waals surface area contributed by atoms with Crippen molar-refractivity contribution in [2.75, 3.05) is 33.3 Å². The van der Waals surface area contributed by atoms with E-state index in [1.807, 2.05) is 24.9 Å². The van der Waals surface area contributed by atoms with E-state index >= 15 is 0 Å². The van der Waals surface area contributed by atoms with Crippen molar-refractivity contribution in [1.29, 1.82) is 0 Å². The molecule has 3 rings (SSSR count). The van der Waals surface area contributed by atoms with Gasteiger partial charge in [0.25, 0.3) is 0 Å². The summed E-state index contributed by atoms with van der Waals surface area (Å²) < 4.78 is 6.24. The van der Waals surface area contributed by atoms with Gasteiger partial charge in [-0.15, -0.1) is 0 Å². The molecule has 3 atom stereocenters. The summed E-state index contributed by atoms with van der Waals surface area (Å²) in [5.74, 6) is 1.07. The molecule has 1 saturated heterocycles. The number of likely N-dealkylation sites (N-methyl/N-ethyl adjacent to an activating group) is 1. The Hall–Kier alpha value is -1.59. The van der Waals surface area contributed by atoms with Gasteiger partial charge in [0.15, 0.2) is 0 Å². The molecule has 1 radical (unpaired) electrons. The number of amides is 2. The number of hydrogen-bond acceptors (Lipinski definition) is 3. The van der Waals surface area contributed by atoms with Crippen molar-refractivity contribution in [3.63, 3.8) is 0 Å². The highest BCUT2D eigenvalue weighted by molar-refractivity contribution is 5.74. The van der Waals surface area contributed by atoms with Crippen LogP contribution >= 0.6 is 0 Å². The molecular formula is C26H42N3O2. The van der Waals surface area contributed by atoms with Gasteiger partial charge >= 0.3 is 6.03 Å². The average Bonchev–Trinajstić information content (AvgIpc) is 2.81. The highest BCUT2D eigenvalue weighted by atomic mass is 16.5. The quantitative estimate of drug-likeness (QED) is 0.554. The summed E-state index contributed by atoms with van der Waals surface area (Å²) in [6.45, 7) is 5.08. The number of piperidine rings is 1. The Morgan fingerprint density at radius 1 is 1.16 bits per heavy atom. The zero-order valence-electron chi connectivity index (χ0n) is 19.5. The maximum Gasteiger partial charge on any atom is 0.317 e.